The summed E-state index contributed by atoms with van der Waals surface area (Å²) >= 11 is 0. The van der Waals surface area contributed by atoms with Gasteiger partial charge in [-0.2, -0.15) is 0 Å². The number of aryl methyl sites for hydroxylation is 1. The molecule has 1 saturated carbocycles. The van der Waals surface area contributed by atoms with Gasteiger partial charge in [0, 0.05) is 18.8 Å². The maximum absolute atomic E-state index is 11.7. The molecule has 1 aliphatic rings. The van der Waals surface area contributed by atoms with Crippen LogP contribution in [0.25, 0.3) is 0 Å². The molecule has 0 amide bonds. The molecule has 2 nitrogen and oxygen atoms in total. The molecule has 0 saturated heterocycles. The standard InChI is InChI=1S/C13H19NO/c1-10-8-12(9-13(15)14(10)2)11-6-4-3-5-7-11/h8-9,11H,3-7H2,1-2H3. The van der Waals surface area contributed by atoms with Crippen molar-refractivity contribution in [3.8, 4) is 0 Å². The van der Waals surface area contributed by atoms with Crippen LogP contribution in [0.2, 0.25) is 0 Å². The van der Waals surface area contributed by atoms with Gasteiger partial charge in [-0.3, -0.25) is 4.79 Å². The zero-order valence-corrected chi connectivity index (χ0v) is 9.62. The summed E-state index contributed by atoms with van der Waals surface area (Å²) in [5.41, 5.74) is 2.47. The number of pyridine rings is 1. The van der Waals surface area contributed by atoms with E-state index in [1.165, 1.54) is 37.7 Å². The van der Waals surface area contributed by atoms with Gasteiger partial charge in [0.2, 0.25) is 0 Å². The Morgan fingerprint density at radius 3 is 2.47 bits per heavy atom. The van der Waals surface area contributed by atoms with Crippen LogP contribution < -0.4 is 5.56 Å². The van der Waals surface area contributed by atoms with E-state index >= 15 is 0 Å². The SMILES string of the molecule is Cc1cc(C2CCCCC2)cc(=O)n1C. The maximum atomic E-state index is 11.7. The van der Waals surface area contributed by atoms with Crippen molar-refractivity contribution in [3.05, 3.63) is 33.7 Å². The molecule has 0 bridgehead atoms. The highest BCUT2D eigenvalue weighted by molar-refractivity contribution is 5.21. The quantitative estimate of drug-likeness (QED) is 0.691. The maximum Gasteiger partial charge on any atom is 0.250 e. The predicted molar refractivity (Wildman–Crippen MR) is 62.2 cm³/mol. The van der Waals surface area contributed by atoms with E-state index in [4.69, 9.17) is 0 Å². The molecule has 0 aliphatic heterocycles. The average molecular weight is 205 g/mol. The van der Waals surface area contributed by atoms with Crippen molar-refractivity contribution < 1.29 is 0 Å². The van der Waals surface area contributed by atoms with Gasteiger partial charge < -0.3 is 4.57 Å². The van der Waals surface area contributed by atoms with Crippen LogP contribution in [-0.2, 0) is 7.05 Å². The Bertz CT molecular complexity index is 399. The lowest BCUT2D eigenvalue weighted by atomic mass is 9.84. The lowest BCUT2D eigenvalue weighted by molar-refractivity contribution is 0.442. The molecule has 1 aromatic rings. The number of rotatable bonds is 1. The van der Waals surface area contributed by atoms with E-state index in [0.29, 0.717) is 5.92 Å². The monoisotopic (exact) mass is 205 g/mol. The molecular formula is C13H19NO. The van der Waals surface area contributed by atoms with Gasteiger partial charge >= 0.3 is 0 Å². The topological polar surface area (TPSA) is 22.0 Å². The van der Waals surface area contributed by atoms with Crippen molar-refractivity contribution in [1.82, 2.24) is 4.57 Å². The molecule has 0 aromatic carbocycles. The summed E-state index contributed by atoms with van der Waals surface area (Å²) in [4.78, 5) is 11.7. The first kappa shape index (κ1) is 10.5. The molecule has 1 heterocycles. The van der Waals surface area contributed by atoms with Gasteiger partial charge in [0.05, 0.1) is 0 Å². The van der Waals surface area contributed by atoms with Gasteiger partial charge in [0.25, 0.3) is 5.56 Å². The molecule has 0 spiro atoms. The second-order valence-corrected chi connectivity index (χ2v) is 4.66. The number of aromatic nitrogens is 1. The minimum Gasteiger partial charge on any atom is -0.316 e. The zero-order valence-electron chi connectivity index (χ0n) is 9.62. The predicted octanol–water partition coefficient (Wildman–Crippen LogP) is 2.74. The third-order valence-electron chi connectivity index (χ3n) is 3.60. The molecule has 0 radical (unpaired) electrons. The van der Waals surface area contributed by atoms with Crippen LogP contribution >= 0.6 is 0 Å². The van der Waals surface area contributed by atoms with E-state index in [1.54, 1.807) is 4.57 Å². The summed E-state index contributed by atoms with van der Waals surface area (Å²) in [7, 11) is 1.84. The zero-order chi connectivity index (χ0) is 10.8. The van der Waals surface area contributed by atoms with Crippen molar-refractivity contribution in [2.24, 2.45) is 7.05 Å². The highest BCUT2D eigenvalue weighted by Gasteiger charge is 2.16. The van der Waals surface area contributed by atoms with Gasteiger partial charge in [0.15, 0.2) is 0 Å². The van der Waals surface area contributed by atoms with E-state index in [-0.39, 0.29) is 5.56 Å². The van der Waals surface area contributed by atoms with Crippen LogP contribution in [0.1, 0.15) is 49.3 Å². The van der Waals surface area contributed by atoms with Crippen LogP contribution in [0.15, 0.2) is 16.9 Å². The highest BCUT2D eigenvalue weighted by Crippen LogP contribution is 2.32. The van der Waals surface area contributed by atoms with Crippen LogP contribution in [0.4, 0.5) is 0 Å². The number of hydrogen-bond acceptors (Lipinski definition) is 1. The minimum absolute atomic E-state index is 0.135. The lowest BCUT2D eigenvalue weighted by Crippen LogP contribution is -2.20. The van der Waals surface area contributed by atoms with Gasteiger partial charge in [0.1, 0.15) is 0 Å². The first-order chi connectivity index (χ1) is 7.18. The summed E-state index contributed by atoms with van der Waals surface area (Å²) in [5, 5.41) is 0. The fourth-order valence-electron chi connectivity index (χ4n) is 2.46. The summed E-state index contributed by atoms with van der Waals surface area (Å²) in [6, 6.07) is 4.00. The molecular weight excluding hydrogens is 186 g/mol. The first-order valence-electron chi connectivity index (χ1n) is 5.86. The Morgan fingerprint density at radius 1 is 1.20 bits per heavy atom. The number of nitrogens with zero attached hydrogens (tertiary/aromatic N) is 1. The van der Waals surface area contributed by atoms with Gasteiger partial charge in [-0.15, -0.1) is 0 Å². The molecule has 2 rings (SSSR count). The summed E-state index contributed by atoms with van der Waals surface area (Å²) in [6.45, 7) is 2.01. The molecule has 82 valence electrons. The Balaban J connectivity index is 2.32. The highest BCUT2D eigenvalue weighted by atomic mass is 16.1. The lowest BCUT2D eigenvalue weighted by Gasteiger charge is -2.22. The van der Waals surface area contributed by atoms with Crippen molar-refractivity contribution in [1.29, 1.82) is 0 Å². The fraction of sp³-hybridized carbons (Fsp3) is 0.615. The van der Waals surface area contributed by atoms with E-state index in [0.717, 1.165) is 5.69 Å². The Labute approximate surface area is 90.9 Å². The van der Waals surface area contributed by atoms with Crippen molar-refractivity contribution in [2.75, 3.05) is 0 Å². The van der Waals surface area contributed by atoms with Crippen molar-refractivity contribution >= 4 is 0 Å². The van der Waals surface area contributed by atoms with Crippen LogP contribution in [0, 0.1) is 6.92 Å². The Morgan fingerprint density at radius 2 is 1.87 bits per heavy atom. The van der Waals surface area contributed by atoms with Gasteiger partial charge in [-0.05, 0) is 37.3 Å². The Hall–Kier alpha value is -1.05. The van der Waals surface area contributed by atoms with E-state index in [9.17, 15) is 4.79 Å². The van der Waals surface area contributed by atoms with Gasteiger partial charge in [-0.25, -0.2) is 0 Å². The van der Waals surface area contributed by atoms with Crippen molar-refractivity contribution in [2.45, 2.75) is 44.9 Å². The normalized spacial score (nSPS) is 18.0. The molecule has 15 heavy (non-hydrogen) atoms. The second-order valence-electron chi connectivity index (χ2n) is 4.66. The average Bonchev–Trinajstić information content (AvgIpc) is 2.26. The molecule has 0 atom stereocenters. The summed E-state index contributed by atoms with van der Waals surface area (Å²) < 4.78 is 1.71. The van der Waals surface area contributed by atoms with E-state index < -0.39 is 0 Å². The minimum atomic E-state index is 0.135. The first-order valence-corrected chi connectivity index (χ1v) is 5.86. The van der Waals surface area contributed by atoms with E-state index in [1.807, 2.05) is 20.0 Å². The van der Waals surface area contributed by atoms with Crippen LogP contribution in [0.5, 0.6) is 0 Å². The van der Waals surface area contributed by atoms with Crippen LogP contribution in [-0.4, -0.2) is 4.57 Å². The molecule has 1 fully saturated rings. The molecule has 0 unspecified atom stereocenters. The smallest absolute Gasteiger partial charge is 0.250 e. The Kier molecular flexibility index (Phi) is 2.94. The van der Waals surface area contributed by atoms with Gasteiger partial charge in [-0.1, -0.05) is 19.3 Å². The third kappa shape index (κ3) is 2.14. The largest absolute Gasteiger partial charge is 0.316 e. The molecule has 2 heteroatoms. The molecule has 1 aromatic heterocycles. The number of hydrogen-bond donors (Lipinski definition) is 0. The second kappa shape index (κ2) is 4.21. The van der Waals surface area contributed by atoms with E-state index in [2.05, 4.69) is 6.07 Å². The van der Waals surface area contributed by atoms with Crippen LogP contribution in [0.3, 0.4) is 0 Å². The van der Waals surface area contributed by atoms with Crippen molar-refractivity contribution in [3.63, 3.8) is 0 Å². The fourth-order valence-corrected chi connectivity index (χ4v) is 2.46. The molecule has 1 aliphatic carbocycles. The molecule has 0 N–H and O–H groups in total. The third-order valence-corrected chi connectivity index (χ3v) is 3.60. The summed E-state index contributed by atoms with van der Waals surface area (Å²) in [6.07, 6.45) is 6.51. The summed E-state index contributed by atoms with van der Waals surface area (Å²) in [5.74, 6) is 0.631.